The minimum atomic E-state index is 0.188. The molecule has 1 unspecified atom stereocenters. The van der Waals surface area contributed by atoms with Gasteiger partial charge in [0.05, 0.1) is 5.69 Å². The van der Waals surface area contributed by atoms with Gasteiger partial charge in [-0.2, -0.15) is 4.98 Å². The molecule has 5 nitrogen and oxygen atoms in total. The van der Waals surface area contributed by atoms with Gasteiger partial charge in [0.15, 0.2) is 5.82 Å². The molecule has 12 heavy (non-hydrogen) atoms. The van der Waals surface area contributed by atoms with Crippen LogP contribution >= 0.6 is 0 Å². The van der Waals surface area contributed by atoms with Crippen molar-refractivity contribution >= 4 is 23.7 Å². The first-order valence-electron chi connectivity index (χ1n) is 3.65. The van der Waals surface area contributed by atoms with Gasteiger partial charge in [-0.05, 0) is 0 Å². The first kappa shape index (κ1) is 7.02. The SMILES string of the molecule is CC1C=Nc2c(N)nc(N)nc21. The maximum Gasteiger partial charge on any atom is 0.222 e. The summed E-state index contributed by atoms with van der Waals surface area (Å²) in [6, 6.07) is 0. The zero-order valence-corrected chi connectivity index (χ0v) is 6.65. The number of nitrogens with two attached hydrogens (primary N) is 2. The number of nitrogens with zero attached hydrogens (tertiary/aromatic N) is 3. The molecule has 1 aliphatic rings. The lowest BCUT2D eigenvalue weighted by molar-refractivity contribution is 0.983. The van der Waals surface area contributed by atoms with Crippen LogP contribution in [0.5, 0.6) is 0 Å². The lowest BCUT2D eigenvalue weighted by Crippen LogP contribution is -2.03. The maximum atomic E-state index is 5.59. The number of hydrogen-bond donors (Lipinski definition) is 2. The van der Waals surface area contributed by atoms with Crippen molar-refractivity contribution in [2.75, 3.05) is 11.5 Å². The molecule has 0 spiro atoms. The predicted molar refractivity (Wildman–Crippen MR) is 47.4 cm³/mol. The van der Waals surface area contributed by atoms with Gasteiger partial charge in [-0.15, -0.1) is 0 Å². The van der Waals surface area contributed by atoms with Gasteiger partial charge in [-0.25, -0.2) is 4.98 Å². The van der Waals surface area contributed by atoms with E-state index in [0.29, 0.717) is 11.5 Å². The Kier molecular flexibility index (Phi) is 1.27. The van der Waals surface area contributed by atoms with Crippen LogP contribution in [0.25, 0.3) is 0 Å². The Bertz CT molecular complexity index is 357. The zero-order valence-electron chi connectivity index (χ0n) is 6.65. The molecule has 5 heteroatoms. The lowest BCUT2D eigenvalue weighted by Gasteiger charge is -2.03. The highest BCUT2D eigenvalue weighted by molar-refractivity contribution is 5.83. The summed E-state index contributed by atoms with van der Waals surface area (Å²) in [6.07, 6.45) is 1.79. The monoisotopic (exact) mass is 163 g/mol. The molecule has 0 radical (unpaired) electrons. The average molecular weight is 163 g/mol. The molecule has 0 bridgehead atoms. The van der Waals surface area contributed by atoms with Crippen molar-refractivity contribution in [3.05, 3.63) is 5.69 Å². The summed E-state index contributed by atoms with van der Waals surface area (Å²) in [5.41, 5.74) is 12.5. The third kappa shape index (κ3) is 0.827. The molecule has 1 aromatic heterocycles. The van der Waals surface area contributed by atoms with E-state index >= 15 is 0 Å². The van der Waals surface area contributed by atoms with E-state index in [1.54, 1.807) is 6.21 Å². The van der Waals surface area contributed by atoms with E-state index in [4.69, 9.17) is 11.5 Å². The van der Waals surface area contributed by atoms with Crippen LogP contribution in [0.4, 0.5) is 17.5 Å². The first-order chi connectivity index (χ1) is 5.68. The normalized spacial score (nSPS) is 19.6. The predicted octanol–water partition coefficient (Wildman–Crippen LogP) is 0.460. The number of aliphatic imine (C=N–C) groups is 1. The Labute approximate surface area is 69.5 Å². The second-order valence-electron chi connectivity index (χ2n) is 2.77. The van der Waals surface area contributed by atoms with Gasteiger partial charge in [0.1, 0.15) is 5.69 Å². The van der Waals surface area contributed by atoms with Crippen molar-refractivity contribution < 1.29 is 0 Å². The fourth-order valence-electron chi connectivity index (χ4n) is 1.22. The Balaban J connectivity index is 2.66. The number of anilines is 2. The van der Waals surface area contributed by atoms with Crippen LogP contribution in [0, 0.1) is 0 Å². The van der Waals surface area contributed by atoms with Crippen LogP contribution in [0.1, 0.15) is 18.5 Å². The fraction of sp³-hybridized carbons (Fsp3) is 0.286. The minimum Gasteiger partial charge on any atom is -0.382 e. The standard InChI is InChI=1S/C7H9N5/c1-3-2-10-5-4(3)11-7(9)12-6(5)8/h2-3H,1H3,(H4,8,9,11,12). The van der Waals surface area contributed by atoms with E-state index in [1.807, 2.05) is 6.92 Å². The second-order valence-corrected chi connectivity index (χ2v) is 2.77. The molecular weight excluding hydrogens is 154 g/mol. The molecule has 0 amide bonds. The third-order valence-corrected chi connectivity index (χ3v) is 1.81. The Morgan fingerprint density at radius 2 is 2.08 bits per heavy atom. The Morgan fingerprint density at radius 1 is 1.33 bits per heavy atom. The highest BCUT2D eigenvalue weighted by Crippen LogP contribution is 2.34. The second kappa shape index (κ2) is 2.17. The highest BCUT2D eigenvalue weighted by atomic mass is 15.1. The van der Waals surface area contributed by atoms with Crippen molar-refractivity contribution in [3.63, 3.8) is 0 Å². The number of aromatic nitrogens is 2. The summed E-state index contributed by atoms with van der Waals surface area (Å²) < 4.78 is 0. The van der Waals surface area contributed by atoms with Gasteiger partial charge >= 0.3 is 0 Å². The molecule has 0 aromatic carbocycles. The summed E-state index contributed by atoms with van der Waals surface area (Å²) in [6.45, 7) is 1.99. The third-order valence-electron chi connectivity index (χ3n) is 1.81. The summed E-state index contributed by atoms with van der Waals surface area (Å²) >= 11 is 0. The average Bonchev–Trinajstić information content (AvgIpc) is 2.33. The molecular formula is C7H9N5. The smallest absolute Gasteiger partial charge is 0.222 e. The van der Waals surface area contributed by atoms with E-state index < -0.39 is 0 Å². The van der Waals surface area contributed by atoms with E-state index in [2.05, 4.69) is 15.0 Å². The topological polar surface area (TPSA) is 90.2 Å². The number of rotatable bonds is 0. The van der Waals surface area contributed by atoms with Crippen molar-refractivity contribution in [2.24, 2.45) is 4.99 Å². The molecule has 1 aliphatic heterocycles. The van der Waals surface area contributed by atoms with Crippen molar-refractivity contribution in [1.82, 2.24) is 9.97 Å². The minimum absolute atomic E-state index is 0.188. The number of nitrogen functional groups attached to an aromatic ring is 2. The molecule has 2 rings (SSSR count). The Morgan fingerprint density at radius 3 is 2.83 bits per heavy atom. The van der Waals surface area contributed by atoms with Crippen molar-refractivity contribution in [2.45, 2.75) is 12.8 Å². The molecule has 0 saturated carbocycles. The van der Waals surface area contributed by atoms with Gasteiger partial charge in [-0.3, -0.25) is 4.99 Å². The van der Waals surface area contributed by atoms with Gasteiger partial charge in [0.25, 0.3) is 0 Å². The van der Waals surface area contributed by atoms with Gasteiger partial charge in [0, 0.05) is 12.1 Å². The van der Waals surface area contributed by atoms with E-state index in [-0.39, 0.29) is 11.9 Å². The molecule has 62 valence electrons. The molecule has 0 fully saturated rings. The van der Waals surface area contributed by atoms with E-state index in [9.17, 15) is 0 Å². The Hall–Kier alpha value is -1.65. The largest absolute Gasteiger partial charge is 0.382 e. The van der Waals surface area contributed by atoms with E-state index in [0.717, 1.165) is 5.69 Å². The van der Waals surface area contributed by atoms with Gasteiger partial charge in [0.2, 0.25) is 5.95 Å². The quantitative estimate of drug-likeness (QED) is 0.581. The van der Waals surface area contributed by atoms with Crippen LogP contribution in [0.2, 0.25) is 0 Å². The molecule has 0 saturated heterocycles. The summed E-state index contributed by atoms with van der Waals surface area (Å²) in [7, 11) is 0. The maximum absolute atomic E-state index is 5.59. The van der Waals surface area contributed by atoms with Crippen LogP contribution < -0.4 is 11.5 Å². The molecule has 4 N–H and O–H groups in total. The first-order valence-corrected chi connectivity index (χ1v) is 3.65. The summed E-state index contributed by atoms with van der Waals surface area (Å²) in [5, 5.41) is 0. The highest BCUT2D eigenvalue weighted by Gasteiger charge is 2.19. The van der Waals surface area contributed by atoms with Crippen molar-refractivity contribution in [3.8, 4) is 0 Å². The summed E-state index contributed by atoms with van der Waals surface area (Å²) in [4.78, 5) is 12.0. The van der Waals surface area contributed by atoms with Crippen LogP contribution in [-0.2, 0) is 0 Å². The van der Waals surface area contributed by atoms with Crippen molar-refractivity contribution in [1.29, 1.82) is 0 Å². The lowest BCUT2D eigenvalue weighted by atomic mass is 10.1. The molecule has 2 heterocycles. The zero-order chi connectivity index (χ0) is 8.72. The molecule has 0 aliphatic carbocycles. The van der Waals surface area contributed by atoms with Crippen LogP contribution in [0.3, 0.4) is 0 Å². The molecule has 1 atom stereocenters. The van der Waals surface area contributed by atoms with E-state index in [1.165, 1.54) is 0 Å². The fourth-order valence-corrected chi connectivity index (χ4v) is 1.22. The number of fused-ring (bicyclic) bond motifs is 1. The molecule has 1 aromatic rings. The van der Waals surface area contributed by atoms with Crippen LogP contribution in [-0.4, -0.2) is 16.2 Å². The number of hydrogen-bond acceptors (Lipinski definition) is 5. The van der Waals surface area contributed by atoms with Crippen LogP contribution in [0.15, 0.2) is 4.99 Å². The summed E-state index contributed by atoms with van der Waals surface area (Å²) in [5.74, 6) is 0.759. The van der Waals surface area contributed by atoms with Gasteiger partial charge in [-0.1, -0.05) is 6.92 Å². The van der Waals surface area contributed by atoms with Gasteiger partial charge < -0.3 is 11.5 Å².